The topological polar surface area (TPSA) is 43.7 Å². The Kier molecular flexibility index (Phi) is 7.56. The van der Waals surface area contributed by atoms with Crippen LogP contribution in [-0.2, 0) is 13.1 Å². The summed E-state index contributed by atoms with van der Waals surface area (Å²) in [6, 6.07) is 20.1. The van der Waals surface area contributed by atoms with Crippen molar-refractivity contribution in [2.24, 2.45) is 0 Å². The number of hydrogen-bond donors (Lipinski definition) is 2. The summed E-state index contributed by atoms with van der Waals surface area (Å²) < 4.78 is 1.03. The number of unbranched alkanes of at least 4 members (excludes halogenated alkanes) is 3. The third-order valence-electron chi connectivity index (χ3n) is 6.42. The molecular formula is C29H32BrNO2. The second-order valence-electron chi connectivity index (χ2n) is 8.99. The first-order valence-electron chi connectivity index (χ1n) is 11.8. The van der Waals surface area contributed by atoms with E-state index in [1.807, 2.05) is 18.2 Å². The zero-order valence-corrected chi connectivity index (χ0v) is 21.0. The van der Waals surface area contributed by atoms with Gasteiger partial charge in [-0.15, -0.1) is 0 Å². The van der Waals surface area contributed by atoms with Crippen molar-refractivity contribution in [2.75, 3.05) is 6.54 Å². The van der Waals surface area contributed by atoms with E-state index in [1.54, 1.807) is 12.1 Å². The highest BCUT2D eigenvalue weighted by Gasteiger charge is 2.16. The highest BCUT2D eigenvalue weighted by atomic mass is 79.9. The summed E-state index contributed by atoms with van der Waals surface area (Å²) in [5, 5.41) is 26.0. The quantitative estimate of drug-likeness (QED) is 0.226. The van der Waals surface area contributed by atoms with Gasteiger partial charge >= 0.3 is 0 Å². The third-order valence-corrected chi connectivity index (χ3v) is 6.92. The maximum Gasteiger partial charge on any atom is 0.120 e. The molecule has 33 heavy (non-hydrogen) atoms. The minimum Gasteiger partial charge on any atom is -0.508 e. The van der Waals surface area contributed by atoms with Crippen molar-refractivity contribution in [3.63, 3.8) is 0 Å². The van der Waals surface area contributed by atoms with E-state index in [2.05, 4.69) is 65.0 Å². The predicted molar refractivity (Wildman–Crippen MR) is 142 cm³/mol. The molecule has 172 valence electrons. The van der Waals surface area contributed by atoms with Gasteiger partial charge in [-0.05, 0) is 65.7 Å². The van der Waals surface area contributed by atoms with Gasteiger partial charge in [0.1, 0.15) is 11.5 Å². The highest BCUT2D eigenvalue weighted by molar-refractivity contribution is 9.10. The maximum absolute atomic E-state index is 10.8. The Morgan fingerprint density at radius 1 is 0.727 bits per heavy atom. The van der Waals surface area contributed by atoms with Gasteiger partial charge in [-0.25, -0.2) is 0 Å². The lowest BCUT2D eigenvalue weighted by atomic mass is 9.99. The van der Waals surface area contributed by atoms with Crippen LogP contribution in [-0.4, -0.2) is 21.7 Å². The van der Waals surface area contributed by atoms with Gasteiger partial charge in [-0.2, -0.15) is 0 Å². The molecule has 0 unspecified atom stereocenters. The summed E-state index contributed by atoms with van der Waals surface area (Å²) in [7, 11) is 0. The standard InChI is InChI=1S/C29H32BrNO2/c1-3-4-5-6-15-31(18-26-24-11-7-20(2)16-21(24)8-13-28(26)32)19-27-25-12-10-23(30)17-22(25)9-14-29(27)33/h7-14,16-17,32-33H,3-6,15,18-19H2,1-2H3. The highest BCUT2D eigenvalue weighted by Crippen LogP contribution is 2.33. The molecule has 0 fully saturated rings. The molecule has 0 amide bonds. The first kappa shape index (κ1) is 23.6. The number of phenols is 2. The van der Waals surface area contributed by atoms with Crippen LogP contribution in [0.4, 0.5) is 0 Å². The van der Waals surface area contributed by atoms with Crippen LogP contribution in [0.2, 0.25) is 0 Å². The van der Waals surface area contributed by atoms with Gasteiger partial charge in [0.25, 0.3) is 0 Å². The van der Waals surface area contributed by atoms with E-state index < -0.39 is 0 Å². The lowest BCUT2D eigenvalue weighted by Crippen LogP contribution is -2.24. The van der Waals surface area contributed by atoms with E-state index in [0.717, 1.165) is 50.1 Å². The van der Waals surface area contributed by atoms with Gasteiger partial charge in [-0.3, -0.25) is 4.90 Å². The number of aromatic hydroxyl groups is 2. The molecule has 0 aliphatic rings. The van der Waals surface area contributed by atoms with Crippen molar-refractivity contribution in [3.05, 3.63) is 81.8 Å². The first-order chi connectivity index (χ1) is 16.0. The Morgan fingerprint density at radius 2 is 1.33 bits per heavy atom. The van der Waals surface area contributed by atoms with Crippen molar-refractivity contribution < 1.29 is 10.2 Å². The number of hydrogen-bond acceptors (Lipinski definition) is 3. The van der Waals surface area contributed by atoms with Crippen LogP contribution in [0.15, 0.2) is 65.1 Å². The van der Waals surface area contributed by atoms with Gasteiger partial charge in [-0.1, -0.05) is 84.1 Å². The molecule has 0 spiro atoms. The summed E-state index contributed by atoms with van der Waals surface area (Å²) in [5.41, 5.74) is 3.10. The van der Waals surface area contributed by atoms with Crippen LogP contribution in [0.5, 0.6) is 11.5 Å². The molecule has 3 nitrogen and oxygen atoms in total. The average Bonchev–Trinajstić information content (AvgIpc) is 2.80. The third kappa shape index (κ3) is 5.51. The molecule has 0 atom stereocenters. The monoisotopic (exact) mass is 505 g/mol. The second kappa shape index (κ2) is 10.6. The molecule has 4 aromatic rings. The molecule has 0 saturated carbocycles. The van der Waals surface area contributed by atoms with Gasteiger partial charge in [0.2, 0.25) is 0 Å². The van der Waals surface area contributed by atoms with E-state index in [1.165, 1.54) is 24.8 Å². The predicted octanol–water partition coefficient (Wildman–Crippen LogP) is 8.06. The number of phenolic OH excluding ortho intramolecular Hbond substituents is 2. The molecule has 4 heteroatoms. The Balaban J connectivity index is 1.70. The van der Waals surface area contributed by atoms with Crippen molar-refractivity contribution in [3.8, 4) is 11.5 Å². The fourth-order valence-corrected chi connectivity index (χ4v) is 4.99. The zero-order chi connectivity index (χ0) is 23.4. The van der Waals surface area contributed by atoms with Crippen LogP contribution >= 0.6 is 15.9 Å². The van der Waals surface area contributed by atoms with E-state index in [-0.39, 0.29) is 0 Å². The normalized spacial score (nSPS) is 11.6. The van der Waals surface area contributed by atoms with E-state index in [0.29, 0.717) is 24.6 Å². The molecule has 4 aromatic carbocycles. The van der Waals surface area contributed by atoms with Crippen LogP contribution in [0.1, 0.15) is 49.3 Å². The molecular weight excluding hydrogens is 474 g/mol. The zero-order valence-electron chi connectivity index (χ0n) is 19.4. The number of halogens is 1. The van der Waals surface area contributed by atoms with Gasteiger partial charge in [0.15, 0.2) is 0 Å². The summed E-state index contributed by atoms with van der Waals surface area (Å²) in [5.74, 6) is 0.650. The summed E-state index contributed by atoms with van der Waals surface area (Å²) in [4.78, 5) is 2.36. The van der Waals surface area contributed by atoms with Crippen LogP contribution in [0.3, 0.4) is 0 Å². The minimum absolute atomic E-state index is 0.321. The Hall–Kier alpha value is -2.56. The summed E-state index contributed by atoms with van der Waals surface area (Å²) >= 11 is 3.55. The molecule has 0 aliphatic heterocycles. The van der Waals surface area contributed by atoms with Crippen molar-refractivity contribution in [1.82, 2.24) is 4.90 Å². The Labute approximate surface area is 204 Å². The number of benzene rings is 4. The van der Waals surface area contributed by atoms with Crippen LogP contribution in [0, 0.1) is 6.92 Å². The molecule has 2 N–H and O–H groups in total. The molecule has 0 aliphatic carbocycles. The fraction of sp³-hybridized carbons (Fsp3) is 0.310. The average molecular weight is 506 g/mol. The smallest absolute Gasteiger partial charge is 0.120 e. The molecule has 0 bridgehead atoms. The number of fused-ring (bicyclic) bond motifs is 2. The van der Waals surface area contributed by atoms with E-state index >= 15 is 0 Å². The lowest BCUT2D eigenvalue weighted by Gasteiger charge is -2.25. The van der Waals surface area contributed by atoms with Crippen LogP contribution in [0.25, 0.3) is 21.5 Å². The fourth-order valence-electron chi connectivity index (χ4n) is 4.61. The van der Waals surface area contributed by atoms with Gasteiger partial charge in [0, 0.05) is 28.7 Å². The minimum atomic E-state index is 0.321. The number of aryl methyl sites for hydroxylation is 1. The van der Waals surface area contributed by atoms with E-state index in [4.69, 9.17) is 0 Å². The molecule has 4 rings (SSSR count). The number of nitrogens with zero attached hydrogens (tertiary/aromatic N) is 1. The Bertz CT molecular complexity index is 1170. The first-order valence-corrected chi connectivity index (χ1v) is 12.6. The largest absolute Gasteiger partial charge is 0.508 e. The summed E-state index contributed by atoms with van der Waals surface area (Å²) in [6.07, 6.45) is 4.69. The van der Waals surface area contributed by atoms with Crippen molar-refractivity contribution in [2.45, 2.75) is 52.6 Å². The molecule has 0 saturated heterocycles. The van der Waals surface area contributed by atoms with Crippen molar-refractivity contribution >= 4 is 37.5 Å². The van der Waals surface area contributed by atoms with Crippen LogP contribution < -0.4 is 0 Å². The molecule has 0 aromatic heterocycles. The second-order valence-corrected chi connectivity index (χ2v) is 9.90. The summed E-state index contributed by atoms with van der Waals surface area (Å²) in [6.45, 7) is 6.48. The van der Waals surface area contributed by atoms with Gasteiger partial charge in [0.05, 0.1) is 0 Å². The van der Waals surface area contributed by atoms with E-state index in [9.17, 15) is 10.2 Å². The molecule has 0 heterocycles. The molecule has 0 radical (unpaired) electrons. The SMILES string of the molecule is CCCCCCN(Cc1c(O)ccc2cc(C)ccc12)Cc1c(O)ccc2cc(Br)ccc12. The van der Waals surface area contributed by atoms with Gasteiger partial charge < -0.3 is 10.2 Å². The Morgan fingerprint density at radius 3 is 1.97 bits per heavy atom. The maximum atomic E-state index is 10.8. The lowest BCUT2D eigenvalue weighted by molar-refractivity contribution is 0.246. The number of rotatable bonds is 9. The van der Waals surface area contributed by atoms with Crippen molar-refractivity contribution in [1.29, 1.82) is 0 Å².